The van der Waals surface area contributed by atoms with Crippen molar-refractivity contribution in [2.45, 2.75) is 20.0 Å². The van der Waals surface area contributed by atoms with Crippen LogP contribution < -0.4 is 16.0 Å². The van der Waals surface area contributed by atoms with E-state index in [1.54, 1.807) is 7.05 Å². The highest BCUT2D eigenvalue weighted by molar-refractivity contribution is 5.89. The summed E-state index contributed by atoms with van der Waals surface area (Å²) in [6.45, 7) is 3.71. The van der Waals surface area contributed by atoms with Gasteiger partial charge in [-0.05, 0) is 31.2 Å². The molecule has 0 radical (unpaired) electrons. The number of benzene rings is 1. The van der Waals surface area contributed by atoms with Gasteiger partial charge < -0.3 is 20.5 Å². The van der Waals surface area contributed by atoms with Crippen molar-refractivity contribution >= 4 is 17.4 Å². The fourth-order valence-corrected chi connectivity index (χ4v) is 1.84. The maximum absolute atomic E-state index is 11.2. The number of nitrogens with one attached hydrogen (secondary N) is 3. The highest BCUT2D eigenvalue weighted by atomic mass is 16.2. The van der Waals surface area contributed by atoms with E-state index in [4.69, 9.17) is 0 Å². The van der Waals surface area contributed by atoms with E-state index >= 15 is 0 Å². The monoisotopic (exact) mass is 273 g/mol. The molecule has 0 fully saturated rings. The molecule has 106 valence electrons. The van der Waals surface area contributed by atoms with Crippen LogP contribution in [-0.4, -0.2) is 22.6 Å². The summed E-state index contributed by atoms with van der Waals surface area (Å²) in [4.78, 5) is 15.3. The van der Waals surface area contributed by atoms with Crippen molar-refractivity contribution < 1.29 is 4.79 Å². The molecule has 6 heteroatoms. The number of aryl methyl sites for hydroxylation is 1. The van der Waals surface area contributed by atoms with Crippen molar-refractivity contribution in [2.24, 2.45) is 0 Å². The molecule has 0 aliphatic carbocycles. The molecule has 2 aromatic rings. The van der Waals surface area contributed by atoms with Gasteiger partial charge in [0.25, 0.3) is 0 Å². The van der Waals surface area contributed by atoms with Crippen LogP contribution in [0.25, 0.3) is 0 Å². The SMILES string of the molecule is CCn1cncc1CNc1ccc(NC(=O)NC)cc1. The number of hydrogen-bond donors (Lipinski definition) is 3. The van der Waals surface area contributed by atoms with E-state index < -0.39 is 0 Å². The first-order chi connectivity index (χ1) is 9.72. The average Bonchev–Trinajstić information content (AvgIpc) is 2.94. The van der Waals surface area contributed by atoms with E-state index in [-0.39, 0.29) is 6.03 Å². The lowest BCUT2D eigenvalue weighted by molar-refractivity contribution is 0.254. The molecule has 0 saturated carbocycles. The number of urea groups is 1. The lowest BCUT2D eigenvalue weighted by atomic mass is 10.2. The first-order valence-corrected chi connectivity index (χ1v) is 6.54. The third-order valence-electron chi connectivity index (χ3n) is 2.98. The predicted octanol–water partition coefficient (Wildman–Crippen LogP) is 2.27. The minimum absolute atomic E-state index is 0.224. The number of nitrogens with zero attached hydrogens (tertiary/aromatic N) is 2. The molecule has 0 atom stereocenters. The predicted molar refractivity (Wildman–Crippen MR) is 79.7 cm³/mol. The zero-order valence-electron chi connectivity index (χ0n) is 11.7. The molecule has 6 nitrogen and oxygen atoms in total. The Balaban J connectivity index is 1.92. The van der Waals surface area contributed by atoms with Crippen LogP contribution in [0, 0.1) is 0 Å². The minimum atomic E-state index is -0.224. The van der Waals surface area contributed by atoms with Gasteiger partial charge in [0.05, 0.1) is 18.6 Å². The molecule has 2 amide bonds. The van der Waals surface area contributed by atoms with Gasteiger partial charge >= 0.3 is 6.03 Å². The zero-order chi connectivity index (χ0) is 14.4. The summed E-state index contributed by atoms with van der Waals surface area (Å²) in [5, 5.41) is 8.55. The number of aromatic nitrogens is 2. The largest absolute Gasteiger partial charge is 0.379 e. The third kappa shape index (κ3) is 3.50. The summed E-state index contributed by atoms with van der Waals surface area (Å²) >= 11 is 0. The Labute approximate surface area is 118 Å². The van der Waals surface area contributed by atoms with Crippen molar-refractivity contribution in [3.05, 3.63) is 42.5 Å². The molecule has 1 aromatic heterocycles. The van der Waals surface area contributed by atoms with Crippen molar-refractivity contribution in [1.82, 2.24) is 14.9 Å². The number of anilines is 2. The Morgan fingerprint density at radius 2 is 1.95 bits per heavy atom. The Kier molecular flexibility index (Phi) is 4.60. The van der Waals surface area contributed by atoms with E-state index in [0.29, 0.717) is 0 Å². The Hall–Kier alpha value is -2.50. The summed E-state index contributed by atoms with van der Waals surface area (Å²) in [6.07, 6.45) is 3.69. The molecule has 0 saturated heterocycles. The molecule has 0 aliphatic heterocycles. The summed E-state index contributed by atoms with van der Waals surface area (Å²) in [5.74, 6) is 0. The van der Waals surface area contributed by atoms with E-state index in [9.17, 15) is 4.79 Å². The molecular formula is C14H19N5O. The fraction of sp³-hybridized carbons (Fsp3) is 0.286. The van der Waals surface area contributed by atoms with Gasteiger partial charge in [-0.3, -0.25) is 0 Å². The maximum atomic E-state index is 11.2. The van der Waals surface area contributed by atoms with Crippen LogP contribution in [0.3, 0.4) is 0 Å². The average molecular weight is 273 g/mol. The van der Waals surface area contributed by atoms with Crippen LogP contribution in [0.1, 0.15) is 12.6 Å². The first kappa shape index (κ1) is 13.9. The fourth-order valence-electron chi connectivity index (χ4n) is 1.84. The van der Waals surface area contributed by atoms with Crippen molar-refractivity contribution in [2.75, 3.05) is 17.7 Å². The molecule has 2 rings (SSSR count). The summed E-state index contributed by atoms with van der Waals surface area (Å²) in [7, 11) is 1.59. The van der Waals surface area contributed by atoms with Crippen molar-refractivity contribution in [3.63, 3.8) is 0 Å². The molecule has 20 heavy (non-hydrogen) atoms. The third-order valence-corrected chi connectivity index (χ3v) is 2.98. The Bertz CT molecular complexity index is 561. The number of carbonyl (C=O) groups is 1. The molecule has 0 aliphatic rings. The number of amides is 2. The molecule has 1 heterocycles. The molecule has 0 spiro atoms. The van der Waals surface area contributed by atoms with Gasteiger partial charge in [-0.25, -0.2) is 9.78 Å². The number of imidazole rings is 1. The van der Waals surface area contributed by atoms with E-state index in [1.807, 2.05) is 36.8 Å². The van der Waals surface area contributed by atoms with Crippen molar-refractivity contribution in [1.29, 1.82) is 0 Å². The smallest absolute Gasteiger partial charge is 0.318 e. The van der Waals surface area contributed by atoms with Gasteiger partial charge in [0, 0.05) is 31.2 Å². The maximum Gasteiger partial charge on any atom is 0.318 e. The van der Waals surface area contributed by atoms with E-state index in [1.165, 1.54) is 0 Å². The quantitative estimate of drug-likeness (QED) is 0.782. The molecule has 0 unspecified atom stereocenters. The minimum Gasteiger partial charge on any atom is -0.379 e. The standard InChI is InChI=1S/C14H19N5O/c1-3-19-10-16-8-13(19)9-17-11-4-6-12(7-5-11)18-14(20)15-2/h4-8,10,17H,3,9H2,1-2H3,(H2,15,18,20). The topological polar surface area (TPSA) is 71.0 Å². The lowest BCUT2D eigenvalue weighted by Crippen LogP contribution is -2.24. The van der Waals surface area contributed by atoms with Crippen LogP contribution in [-0.2, 0) is 13.1 Å². The number of hydrogen-bond acceptors (Lipinski definition) is 3. The lowest BCUT2D eigenvalue weighted by Gasteiger charge is -2.09. The number of rotatable bonds is 5. The number of carbonyl (C=O) groups excluding carboxylic acids is 1. The second kappa shape index (κ2) is 6.60. The van der Waals surface area contributed by atoms with Crippen LogP contribution in [0.2, 0.25) is 0 Å². The van der Waals surface area contributed by atoms with Gasteiger partial charge in [-0.15, -0.1) is 0 Å². The van der Waals surface area contributed by atoms with Gasteiger partial charge in [0.1, 0.15) is 0 Å². The molecule has 0 bridgehead atoms. The van der Waals surface area contributed by atoms with Crippen LogP contribution in [0.5, 0.6) is 0 Å². The van der Waals surface area contributed by atoms with Crippen LogP contribution in [0.15, 0.2) is 36.8 Å². The highest BCUT2D eigenvalue weighted by Crippen LogP contribution is 2.14. The summed E-state index contributed by atoms with van der Waals surface area (Å²) in [5.41, 5.74) is 2.89. The Morgan fingerprint density at radius 3 is 2.60 bits per heavy atom. The second-order valence-corrected chi connectivity index (χ2v) is 4.31. The van der Waals surface area contributed by atoms with Gasteiger partial charge in [-0.1, -0.05) is 0 Å². The summed E-state index contributed by atoms with van der Waals surface area (Å²) < 4.78 is 2.09. The normalized spacial score (nSPS) is 10.1. The first-order valence-electron chi connectivity index (χ1n) is 6.54. The molecule has 3 N–H and O–H groups in total. The van der Waals surface area contributed by atoms with E-state index in [2.05, 4.69) is 32.4 Å². The van der Waals surface area contributed by atoms with Gasteiger partial charge in [0.2, 0.25) is 0 Å². The van der Waals surface area contributed by atoms with Gasteiger partial charge in [-0.2, -0.15) is 0 Å². The van der Waals surface area contributed by atoms with Crippen LogP contribution >= 0.6 is 0 Å². The molecular weight excluding hydrogens is 254 g/mol. The summed E-state index contributed by atoms with van der Waals surface area (Å²) in [6, 6.07) is 7.34. The van der Waals surface area contributed by atoms with Crippen molar-refractivity contribution in [3.8, 4) is 0 Å². The molecule has 1 aromatic carbocycles. The van der Waals surface area contributed by atoms with Gasteiger partial charge in [0.15, 0.2) is 0 Å². The highest BCUT2D eigenvalue weighted by Gasteiger charge is 2.01. The van der Waals surface area contributed by atoms with E-state index in [0.717, 1.165) is 30.2 Å². The van der Waals surface area contributed by atoms with Crippen LogP contribution in [0.4, 0.5) is 16.2 Å². The second-order valence-electron chi connectivity index (χ2n) is 4.31. The Morgan fingerprint density at radius 1 is 1.25 bits per heavy atom. The zero-order valence-corrected chi connectivity index (χ0v) is 11.7.